The molecular weight excluding hydrogens is 342 g/mol. The molecule has 3 rings (SSSR count). The van der Waals surface area contributed by atoms with Crippen molar-refractivity contribution in [1.82, 2.24) is 4.98 Å². The van der Waals surface area contributed by atoms with Crippen molar-refractivity contribution in [1.29, 1.82) is 0 Å². The van der Waals surface area contributed by atoms with Crippen molar-refractivity contribution >= 4 is 60.2 Å². The molecule has 2 heterocycles. The van der Waals surface area contributed by atoms with Crippen molar-refractivity contribution in [3.05, 3.63) is 37.9 Å². The number of fused-ring (bicyclic) bond motifs is 1. The van der Waals surface area contributed by atoms with Gasteiger partial charge in [0.15, 0.2) is 0 Å². The fraction of sp³-hybridized carbons (Fsp3) is 0.154. The number of halogens is 1. The first-order chi connectivity index (χ1) is 9.11. The molecule has 3 N–H and O–H groups in total. The van der Waals surface area contributed by atoms with Crippen molar-refractivity contribution in [2.24, 2.45) is 0 Å². The number of hydrogen-bond acceptors (Lipinski definition) is 5. The maximum absolute atomic E-state index is 6.08. The van der Waals surface area contributed by atoms with Gasteiger partial charge in [0.2, 0.25) is 0 Å². The number of aromatic nitrogens is 1. The number of nitrogens with one attached hydrogen (secondary N) is 1. The Balaban J connectivity index is 1.85. The molecule has 0 aliphatic carbocycles. The second-order valence-electron chi connectivity index (χ2n) is 4.22. The highest BCUT2D eigenvalue weighted by Crippen LogP contribution is 2.30. The van der Waals surface area contributed by atoms with Gasteiger partial charge < -0.3 is 11.1 Å². The molecule has 98 valence electrons. The number of rotatable bonds is 3. The molecular formula is C13H12BrN3S2. The highest BCUT2D eigenvalue weighted by Gasteiger charge is 2.06. The highest BCUT2D eigenvalue weighted by molar-refractivity contribution is 9.10. The lowest BCUT2D eigenvalue weighted by molar-refractivity contribution is 1.19. The minimum atomic E-state index is 0.770. The second-order valence-corrected chi connectivity index (χ2v) is 7.37. The summed E-state index contributed by atoms with van der Waals surface area (Å²) < 4.78 is 2.26. The second kappa shape index (κ2) is 5.11. The number of benzene rings is 1. The van der Waals surface area contributed by atoms with E-state index in [2.05, 4.69) is 37.7 Å². The van der Waals surface area contributed by atoms with Crippen molar-refractivity contribution in [2.75, 3.05) is 11.1 Å². The minimum absolute atomic E-state index is 0.770. The predicted molar refractivity (Wildman–Crippen MR) is 88.1 cm³/mol. The van der Waals surface area contributed by atoms with Crippen LogP contribution in [0.5, 0.6) is 0 Å². The van der Waals surface area contributed by atoms with Gasteiger partial charge in [-0.25, -0.2) is 4.98 Å². The number of nitrogen functional groups attached to an aromatic ring is 1. The van der Waals surface area contributed by atoms with E-state index in [-0.39, 0.29) is 0 Å². The highest BCUT2D eigenvalue weighted by atomic mass is 79.9. The van der Waals surface area contributed by atoms with Crippen LogP contribution in [0, 0.1) is 6.92 Å². The molecule has 3 aromatic rings. The molecule has 0 amide bonds. The number of nitrogens with zero attached hydrogens (tertiary/aromatic N) is 1. The molecule has 0 saturated carbocycles. The Kier molecular flexibility index (Phi) is 3.47. The molecule has 3 nitrogen and oxygen atoms in total. The summed E-state index contributed by atoms with van der Waals surface area (Å²) in [5.74, 6) is 0. The van der Waals surface area contributed by atoms with Crippen LogP contribution in [0.4, 0.5) is 11.4 Å². The topological polar surface area (TPSA) is 50.9 Å². The number of thiophene rings is 1. The Morgan fingerprint density at radius 1 is 1.37 bits per heavy atom. The van der Waals surface area contributed by atoms with Crippen LogP contribution in [-0.2, 0) is 6.54 Å². The van der Waals surface area contributed by atoms with Gasteiger partial charge in [-0.15, -0.1) is 22.7 Å². The largest absolute Gasteiger partial charge is 0.397 e. The van der Waals surface area contributed by atoms with E-state index >= 15 is 0 Å². The van der Waals surface area contributed by atoms with E-state index < -0.39 is 0 Å². The SMILES string of the molecule is Cc1nc2cc(NCc3cc(Br)cs3)c(N)cc2s1. The Hall–Kier alpha value is -1.11. The van der Waals surface area contributed by atoms with Crippen molar-refractivity contribution < 1.29 is 0 Å². The average Bonchev–Trinajstić information content (AvgIpc) is 2.91. The van der Waals surface area contributed by atoms with E-state index in [1.54, 1.807) is 22.7 Å². The lowest BCUT2D eigenvalue weighted by atomic mass is 10.2. The molecule has 0 bridgehead atoms. The monoisotopic (exact) mass is 353 g/mol. The summed E-state index contributed by atoms with van der Waals surface area (Å²) in [6, 6.07) is 6.13. The van der Waals surface area contributed by atoms with Gasteiger partial charge in [0, 0.05) is 21.3 Å². The number of nitrogens with two attached hydrogens (primary N) is 1. The van der Waals surface area contributed by atoms with Crippen LogP contribution in [0.25, 0.3) is 10.2 Å². The fourth-order valence-corrected chi connectivity index (χ4v) is 4.13. The first kappa shape index (κ1) is 12.9. The molecule has 19 heavy (non-hydrogen) atoms. The van der Waals surface area contributed by atoms with Gasteiger partial charge in [0.25, 0.3) is 0 Å². The van der Waals surface area contributed by atoms with E-state index in [9.17, 15) is 0 Å². The van der Waals surface area contributed by atoms with Crippen LogP contribution in [-0.4, -0.2) is 4.98 Å². The summed E-state index contributed by atoms with van der Waals surface area (Å²) in [5.41, 5.74) is 8.80. The number of anilines is 2. The van der Waals surface area contributed by atoms with E-state index in [4.69, 9.17) is 5.73 Å². The number of hydrogen-bond donors (Lipinski definition) is 2. The lowest BCUT2D eigenvalue weighted by Crippen LogP contribution is -2.01. The maximum atomic E-state index is 6.08. The van der Waals surface area contributed by atoms with Crippen LogP contribution in [0.3, 0.4) is 0 Å². The third kappa shape index (κ3) is 2.75. The molecule has 1 aromatic carbocycles. The lowest BCUT2D eigenvalue weighted by Gasteiger charge is -2.08. The third-order valence-corrected chi connectivity index (χ3v) is 5.37. The van der Waals surface area contributed by atoms with Crippen LogP contribution in [0.1, 0.15) is 9.88 Å². The smallest absolute Gasteiger partial charge is 0.0907 e. The quantitative estimate of drug-likeness (QED) is 0.675. The Morgan fingerprint density at radius 2 is 2.21 bits per heavy atom. The van der Waals surface area contributed by atoms with Crippen molar-refractivity contribution in [2.45, 2.75) is 13.5 Å². The molecule has 0 spiro atoms. The summed E-state index contributed by atoms with van der Waals surface area (Å²) in [4.78, 5) is 5.76. The molecule has 0 radical (unpaired) electrons. The molecule has 0 atom stereocenters. The van der Waals surface area contributed by atoms with E-state index in [0.717, 1.165) is 37.6 Å². The van der Waals surface area contributed by atoms with E-state index in [1.807, 2.05) is 19.1 Å². The van der Waals surface area contributed by atoms with Crippen LogP contribution >= 0.6 is 38.6 Å². The summed E-state index contributed by atoms with van der Waals surface area (Å²) >= 11 is 6.85. The van der Waals surface area contributed by atoms with Gasteiger partial charge in [-0.05, 0) is 41.1 Å². The Morgan fingerprint density at radius 3 is 2.95 bits per heavy atom. The zero-order valence-electron chi connectivity index (χ0n) is 10.2. The molecule has 6 heteroatoms. The number of thiazole rings is 1. The molecule has 0 aliphatic rings. The first-order valence-electron chi connectivity index (χ1n) is 5.75. The van der Waals surface area contributed by atoms with E-state index in [0.29, 0.717) is 0 Å². The molecule has 2 aromatic heterocycles. The van der Waals surface area contributed by atoms with Gasteiger partial charge in [-0.2, -0.15) is 0 Å². The van der Waals surface area contributed by atoms with Gasteiger partial charge >= 0.3 is 0 Å². The van der Waals surface area contributed by atoms with Crippen molar-refractivity contribution in [3.63, 3.8) is 0 Å². The summed E-state index contributed by atoms with van der Waals surface area (Å²) in [5, 5.41) is 6.51. The standard InChI is InChI=1S/C13H12BrN3S2/c1-7-17-12-4-11(10(15)3-13(12)19-7)16-5-9-2-8(14)6-18-9/h2-4,6,16H,5,15H2,1H3. The third-order valence-electron chi connectivity index (χ3n) is 2.74. The minimum Gasteiger partial charge on any atom is -0.397 e. The first-order valence-corrected chi connectivity index (χ1v) is 8.24. The van der Waals surface area contributed by atoms with Crippen LogP contribution in [0.2, 0.25) is 0 Å². The number of aryl methyl sites for hydroxylation is 1. The fourth-order valence-electron chi connectivity index (χ4n) is 1.89. The normalized spacial score (nSPS) is 11.1. The van der Waals surface area contributed by atoms with Gasteiger partial charge in [-0.3, -0.25) is 0 Å². The van der Waals surface area contributed by atoms with Gasteiger partial charge in [-0.1, -0.05) is 0 Å². The van der Waals surface area contributed by atoms with Crippen LogP contribution < -0.4 is 11.1 Å². The summed E-state index contributed by atoms with van der Waals surface area (Å²) in [6.07, 6.45) is 0. The average molecular weight is 354 g/mol. The summed E-state index contributed by atoms with van der Waals surface area (Å²) in [7, 11) is 0. The van der Waals surface area contributed by atoms with Crippen molar-refractivity contribution in [3.8, 4) is 0 Å². The Bertz CT molecular complexity index is 733. The summed E-state index contributed by atoms with van der Waals surface area (Å²) in [6.45, 7) is 2.78. The molecule has 0 fully saturated rings. The maximum Gasteiger partial charge on any atom is 0.0907 e. The molecule has 0 aliphatic heterocycles. The zero-order chi connectivity index (χ0) is 13.4. The Labute approximate surface area is 127 Å². The molecule has 0 saturated heterocycles. The molecule has 0 unspecified atom stereocenters. The van der Waals surface area contributed by atoms with Crippen LogP contribution in [0.15, 0.2) is 28.1 Å². The van der Waals surface area contributed by atoms with Gasteiger partial charge in [0.1, 0.15) is 0 Å². The van der Waals surface area contributed by atoms with Gasteiger partial charge in [0.05, 0.1) is 26.6 Å². The zero-order valence-corrected chi connectivity index (χ0v) is 13.5. The predicted octanol–water partition coefficient (Wildman–Crippen LogP) is 4.62. The van der Waals surface area contributed by atoms with E-state index in [1.165, 1.54) is 4.88 Å².